The molecule has 1 aliphatic rings. The first-order valence-corrected chi connectivity index (χ1v) is 6.97. The first-order valence-electron chi connectivity index (χ1n) is 6.97. The van der Waals surface area contributed by atoms with Crippen molar-refractivity contribution in [2.75, 3.05) is 11.9 Å². The molecule has 4 nitrogen and oxygen atoms in total. The number of hydrogen-bond acceptors (Lipinski definition) is 4. The maximum absolute atomic E-state index is 11.4. The molecule has 0 amide bonds. The monoisotopic (exact) mass is 270 g/mol. The van der Waals surface area contributed by atoms with Gasteiger partial charge < -0.3 is 10.0 Å². The summed E-state index contributed by atoms with van der Waals surface area (Å²) in [6.45, 7) is 0. The molecule has 4 heteroatoms. The van der Waals surface area contributed by atoms with Crippen LogP contribution in [0.4, 0.5) is 5.82 Å². The molecule has 0 radical (unpaired) electrons. The zero-order valence-electron chi connectivity index (χ0n) is 11.5. The van der Waals surface area contributed by atoms with E-state index in [4.69, 9.17) is 0 Å². The minimum atomic E-state index is 0.249. The van der Waals surface area contributed by atoms with Crippen molar-refractivity contribution in [2.24, 2.45) is 0 Å². The Balaban J connectivity index is 1.96. The second-order valence-corrected chi connectivity index (χ2v) is 5.42. The number of benzene rings is 1. The zero-order valence-corrected chi connectivity index (χ0v) is 11.5. The van der Waals surface area contributed by atoms with Crippen LogP contribution in [0, 0.1) is 0 Å². The van der Waals surface area contributed by atoms with E-state index in [9.17, 15) is 9.90 Å². The molecule has 1 aromatic heterocycles. The Kier molecular flexibility index (Phi) is 3.30. The maximum Gasteiger partial charge on any atom is 0.136 e. The van der Waals surface area contributed by atoms with Crippen molar-refractivity contribution in [3.63, 3.8) is 0 Å². The van der Waals surface area contributed by atoms with Gasteiger partial charge in [0, 0.05) is 37.5 Å². The lowest BCUT2D eigenvalue weighted by molar-refractivity contribution is -0.120. The zero-order chi connectivity index (χ0) is 14.1. The van der Waals surface area contributed by atoms with Crippen LogP contribution in [-0.2, 0) is 4.79 Å². The minimum absolute atomic E-state index is 0.249. The number of carbonyl (C=O) groups excluding carboxylic acids is 1. The minimum Gasteiger partial charge on any atom is -0.508 e. The van der Waals surface area contributed by atoms with Gasteiger partial charge in [-0.2, -0.15) is 0 Å². The van der Waals surface area contributed by atoms with Crippen LogP contribution in [0.15, 0.2) is 30.5 Å². The second kappa shape index (κ2) is 5.12. The lowest BCUT2D eigenvalue weighted by Gasteiger charge is -2.32. The third kappa shape index (κ3) is 2.33. The predicted octanol–water partition coefficient (Wildman–Crippen LogP) is 2.89. The number of pyridine rings is 1. The van der Waals surface area contributed by atoms with Gasteiger partial charge in [-0.3, -0.25) is 4.79 Å². The molecular weight excluding hydrogens is 252 g/mol. The maximum atomic E-state index is 11.4. The van der Waals surface area contributed by atoms with E-state index in [1.807, 2.05) is 19.2 Å². The molecule has 0 atom stereocenters. The number of fused-ring (bicyclic) bond motifs is 1. The highest BCUT2D eigenvalue weighted by Crippen LogP contribution is 2.30. The molecule has 20 heavy (non-hydrogen) atoms. The highest BCUT2D eigenvalue weighted by atomic mass is 16.3. The van der Waals surface area contributed by atoms with E-state index in [1.54, 1.807) is 18.3 Å². The third-order valence-electron chi connectivity index (χ3n) is 4.12. The molecule has 0 unspecified atom stereocenters. The van der Waals surface area contributed by atoms with Crippen molar-refractivity contribution >= 4 is 22.4 Å². The first-order chi connectivity index (χ1) is 9.65. The third-order valence-corrected chi connectivity index (χ3v) is 4.12. The van der Waals surface area contributed by atoms with Crippen molar-refractivity contribution in [3.8, 4) is 5.75 Å². The molecule has 0 spiro atoms. The van der Waals surface area contributed by atoms with Crippen LogP contribution in [0.25, 0.3) is 10.8 Å². The molecular formula is C16H18N2O2. The number of Topliss-reactive ketones (excluding diaryl/α,β-unsaturated/α-hetero) is 1. The molecule has 0 bridgehead atoms. The molecule has 0 saturated heterocycles. The fraction of sp³-hybridized carbons (Fsp3) is 0.375. The van der Waals surface area contributed by atoms with Gasteiger partial charge in [0.2, 0.25) is 0 Å². The van der Waals surface area contributed by atoms with Gasteiger partial charge in [-0.1, -0.05) is 6.07 Å². The number of rotatable bonds is 2. The molecule has 1 aromatic carbocycles. The number of ketones is 1. The van der Waals surface area contributed by atoms with Crippen molar-refractivity contribution in [3.05, 3.63) is 30.5 Å². The highest BCUT2D eigenvalue weighted by molar-refractivity contribution is 5.93. The van der Waals surface area contributed by atoms with Crippen molar-refractivity contribution < 1.29 is 9.90 Å². The van der Waals surface area contributed by atoms with E-state index in [-0.39, 0.29) is 5.75 Å². The average molecular weight is 270 g/mol. The van der Waals surface area contributed by atoms with Gasteiger partial charge in [0.15, 0.2) is 0 Å². The molecule has 1 N–H and O–H groups in total. The number of hydrogen-bond donors (Lipinski definition) is 1. The number of aromatic nitrogens is 1. The van der Waals surface area contributed by atoms with Crippen molar-refractivity contribution in [2.45, 2.75) is 31.7 Å². The SMILES string of the molecule is CN(c1nccc2ccc(O)cc12)C1CCC(=O)CC1. The van der Waals surface area contributed by atoms with Gasteiger partial charge in [-0.05, 0) is 36.4 Å². The molecule has 1 aliphatic carbocycles. The highest BCUT2D eigenvalue weighted by Gasteiger charge is 2.24. The van der Waals surface area contributed by atoms with Crippen LogP contribution in [0.2, 0.25) is 0 Å². The molecule has 3 rings (SSSR count). The molecule has 1 fully saturated rings. The summed E-state index contributed by atoms with van der Waals surface area (Å²) in [6, 6.07) is 7.62. The van der Waals surface area contributed by atoms with E-state index >= 15 is 0 Å². The van der Waals surface area contributed by atoms with Crippen LogP contribution < -0.4 is 4.90 Å². The Morgan fingerprint density at radius 2 is 2.00 bits per heavy atom. The Morgan fingerprint density at radius 3 is 2.75 bits per heavy atom. The topological polar surface area (TPSA) is 53.4 Å². The van der Waals surface area contributed by atoms with Crippen LogP contribution in [0.5, 0.6) is 5.75 Å². The Labute approximate surface area is 118 Å². The van der Waals surface area contributed by atoms with Gasteiger partial charge >= 0.3 is 0 Å². The van der Waals surface area contributed by atoms with E-state index in [0.29, 0.717) is 24.7 Å². The van der Waals surface area contributed by atoms with E-state index in [2.05, 4.69) is 9.88 Å². The van der Waals surface area contributed by atoms with Gasteiger partial charge in [-0.25, -0.2) is 4.98 Å². The van der Waals surface area contributed by atoms with Crippen molar-refractivity contribution in [1.29, 1.82) is 0 Å². The van der Waals surface area contributed by atoms with Gasteiger partial charge in [-0.15, -0.1) is 0 Å². The summed E-state index contributed by atoms with van der Waals surface area (Å²) >= 11 is 0. The summed E-state index contributed by atoms with van der Waals surface area (Å²) in [4.78, 5) is 18.0. The normalized spacial score (nSPS) is 16.6. The number of phenolic OH excluding ortho intramolecular Hbond substituents is 1. The molecule has 1 saturated carbocycles. The largest absolute Gasteiger partial charge is 0.508 e. The summed E-state index contributed by atoms with van der Waals surface area (Å²) < 4.78 is 0. The Bertz CT molecular complexity index is 644. The summed E-state index contributed by atoms with van der Waals surface area (Å²) in [5.74, 6) is 1.48. The standard InChI is InChI=1S/C16H18N2O2/c1-18(12-3-6-13(19)7-4-12)16-15-10-14(20)5-2-11(15)8-9-17-16/h2,5,8-10,12,20H,3-4,6-7H2,1H3. The second-order valence-electron chi connectivity index (χ2n) is 5.42. The van der Waals surface area contributed by atoms with Gasteiger partial charge in [0.1, 0.15) is 17.4 Å². The molecule has 104 valence electrons. The van der Waals surface area contributed by atoms with Crippen LogP contribution in [-0.4, -0.2) is 29.0 Å². The lowest BCUT2D eigenvalue weighted by atomic mass is 9.93. The first kappa shape index (κ1) is 12.9. The average Bonchev–Trinajstić information content (AvgIpc) is 2.46. The summed E-state index contributed by atoms with van der Waals surface area (Å²) in [6.07, 6.45) is 4.87. The fourth-order valence-electron chi connectivity index (χ4n) is 2.91. The lowest BCUT2D eigenvalue weighted by Crippen LogP contribution is -2.35. The number of anilines is 1. The Morgan fingerprint density at radius 1 is 1.25 bits per heavy atom. The van der Waals surface area contributed by atoms with Crippen molar-refractivity contribution in [1.82, 2.24) is 4.98 Å². The van der Waals surface area contributed by atoms with Gasteiger partial charge in [0.05, 0.1) is 0 Å². The number of nitrogens with zero attached hydrogens (tertiary/aromatic N) is 2. The smallest absolute Gasteiger partial charge is 0.136 e. The molecule has 0 aliphatic heterocycles. The van der Waals surface area contributed by atoms with Crippen LogP contribution >= 0.6 is 0 Å². The van der Waals surface area contributed by atoms with Gasteiger partial charge in [0.25, 0.3) is 0 Å². The summed E-state index contributed by atoms with van der Waals surface area (Å²) in [7, 11) is 2.02. The molecule has 1 heterocycles. The van der Waals surface area contributed by atoms with E-state index < -0.39 is 0 Å². The summed E-state index contributed by atoms with van der Waals surface area (Å²) in [5, 5.41) is 11.7. The van der Waals surface area contributed by atoms with E-state index in [0.717, 1.165) is 29.4 Å². The Hall–Kier alpha value is -2.10. The van der Waals surface area contributed by atoms with Crippen LogP contribution in [0.1, 0.15) is 25.7 Å². The fourth-order valence-corrected chi connectivity index (χ4v) is 2.91. The number of phenols is 1. The number of aromatic hydroxyl groups is 1. The summed E-state index contributed by atoms with van der Waals surface area (Å²) in [5.41, 5.74) is 0. The number of carbonyl (C=O) groups is 1. The quantitative estimate of drug-likeness (QED) is 0.911. The van der Waals surface area contributed by atoms with Crippen LogP contribution in [0.3, 0.4) is 0 Å². The van der Waals surface area contributed by atoms with E-state index in [1.165, 1.54) is 0 Å². The predicted molar refractivity (Wildman–Crippen MR) is 79.1 cm³/mol. The molecule has 2 aromatic rings.